The summed E-state index contributed by atoms with van der Waals surface area (Å²) in [5, 5.41) is 11.1. The molecule has 0 saturated carbocycles. The minimum absolute atomic E-state index is 0.214. The number of nitro groups is 1. The quantitative estimate of drug-likeness (QED) is 0.338. The summed E-state index contributed by atoms with van der Waals surface area (Å²) in [6, 6.07) is 11.4. The summed E-state index contributed by atoms with van der Waals surface area (Å²) in [4.78, 5) is 21.7. The van der Waals surface area contributed by atoms with E-state index in [-0.39, 0.29) is 10.6 Å². The number of sulfone groups is 1. The number of rotatable bonds is 6. The number of nitrogens with zero attached hydrogens (tertiary/aromatic N) is 1. The normalized spacial score (nSPS) is 10.9. The fourth-order valence-electron chi connectivity index (χ4n) is 1.78. The van der Waals surface area contributed by atoms with Crippen LogP contribution in [0, 0.1) is 10.1 Å². The molecule has 9 heteroatoms. The van der Waals surface area contributed by atoms with E-state index in [0.717, 1.165) is 18.4 Å². The van der Waals surface area contributed by atoms with Crippen molar-refractivity contribution in [2.24, 2.45) is 0 Å². The molecule has 0 amide bonds. The standard InChI is InChI=1S/C15H13NO7S/c1-24(20,21)12-7-8-14(13(9-12)16(18)19)22-10-15(17)23-11-5-3-2-4-6-11/h2-9H,10H2,1H3. The summed E-state index contributed by atoms with van der Waals surface area (Å²) in [6.45, 7) is -0.562. The van der Waals surface area contributed by atoms with Crippen molar-refractivity contribution in [3.8, 4) is 11.5 Å². The van der Waals surface area contributed by atoms with Gasteiger partial charge in [0.2, 0.25) is 0 Å². The zero-order valence-corrected chi connectivity index (χ0v) is 13.4. The molecule has 2 aromatic carbocycles. The van der Waals surface area contributed by atoms with E-state index < -0.39 is 33.0 Å². The Morgan fingerprint density at radius 2 is 1.83 bits per heavy atom. The predicted octanol–water partition coefficient (Wildman–Crippen LogP) is 1.98. The van der Waals surface area contributed by atoms with E-state index in [2.05, 4.69) is 0 Å². The lowest BCUT2D eigenvalue weighted by atomic mass is 10.3. The van der Waals surface area contributed by atoms with Crippen LogP contribution < -0.4 is 9.47 Å². The molecule has 0 bridgehead atoms. The first-order valence-corrected chi connectivity index (χ1v) is 8.53. The molecule has 0 fully saturated rings. The smallest absolute Gasteiger partial charge is 0.349 e. The van der Waals surface area contributed by atoms with E-state index in [9.17, 15) is 23.3 Å². The van der Waals surface area contributed by atoms with Crippen molar-refractivity contribution in [3.05, 3.63) is 58.6 Å². The number of para-hydroxylation sites is 1. The Morgan fingerprint density at radius 3 is 2.42 bits per heavy atom. The lowest BCUT2D eigenvalue weighted by molar-refractivity contribution is -0.386. The number of hydrogen-bond donors (Lipinski definition) is 0. The topological polar surface area (TPSA) is 113 Å². The maximum atomic E-state index is 11.7. The molecule has 0 aromatic heterocycles. The maximum absolute atomic E-state index is 11.7. The van der Waals surface area contributed by atoms with Gasteiger partial charge < -0.3 is 9.47 Å². The minimum atomic E-state index is -3.60. The Labute approximate surface area is 137 Å². The van der Waals surface area contributed by atoms with Crippen LogP contribution in [-0.4, -0.2) is 32.2 Å². The van der Waals surface area contributed by atoms with Gasteiger partial charge in [0.15, 0.2) is 22.2 Å². The maximum Gasteiger partial charge on any atom is 0.349 e. The van der Waals surface area contributed by atoms with E-state index in [4.69, 9.17) is 9.47 Å². The third-order valence-electron chi connectivity index (χ3n) is 2.88. The van der Waals surface area contributed by atoms with Gasteiger partial charge in [-0.15, -0.1) is 0 Å². The first-order valence-electron chi connectivity index (χ1n) is 6.64. The number of nitro benzene ring substituents is 1. The molecular formula is C15H13NO7S. The average Bonchev–Trinajstić information content (AvgIpc) is 2.52. The van der Waals surface area contributed by atoms with Gasteiger partial charge in [-0.2, -0.15) is 0 Å². The first-order chi connectivity index (χ1) is 11.3. The van der Waals surface area contributed by atoms with Gasteiger partial charge in [-0.3, -0.25) is 10.1 Å². The summed E-state index contributed by atoms with van der Waals surface area (Å²) >= 11 is 0. The Hall–Kier alpha value is -2.94. The van der Waals surface area contributed by atoms with Gasteiger partial charge in [-0.25, -0.2) is 13.2 Å². The minimum Gasteiger partial charge on any atom is -0.475 e. The third kappa shape index (κ3) is 4.53. The zero-order chi connectivity index (χ0) is 17.7. The van der Waals surface area contributed by atoms with E-state index in [1.807, 2.05) is 0 Å². The van der Waals surface area contributed by atoms with Gasteiger partial charge in [0.05, 0.1) is 9.82 Å². The second-order valence-electron chi connectivity index (χ2n) is 4.73. The van der Waals surface area contributed by atoms with Crippen molar-refractivity contribution in [2.45, 2.75) is 4.90 Å². The van der Waals surface area contributed by atoms with Crippen LogP contribution in [0.4, 0.5) is 5.69 Å². The number of ether oxygens (including phenoxy) is 2. The molecule has 0 aliphatic heterocycles. The molecule has 2 rings (SSSR count). The van der Waals surface area contributed by atoms with Gasteiger partial charge in [-0.1, -0.05) is 18.2 Å². The van der Waals surface area contributed by atoms with Gasteiger partial charge >= 0.3 is 11.7 Å². The molecule has 126 valence electrons. The SMILES string of the molecule is CS(=O)(=O)c1ccc(OCC(=O)Oc2ccccc2)c([N+](=O)[O-])c1. The molecule has 0 N–H and O–H groups in total. The second kappa shape index (κ2) is 7.09. The Morgan fingerprint density at radius 1 is 1.17 bits per heavy atom. The molecule has 0 aliphatic carbocycles. The van der Waals surface area contributed by atoms with Gasteiger partial charge in [0, 0.05) is 12.3 Å². The molecule has 0 unspecified atom stereocenters. The highest BCUT2D eigenvalue weighted by Crippen LogP contribution is 2.29. The second-order valence-corrected chi connectivity index (χ2v) is 6.75. The molecule has 8 nitrogen and oxygen atoms in total. The summed E-state index contributed by atoms with van der Waals surface area (Å²) in [6.07, 6.45) is 0.934. The summed E-state index contributed by atoms with van der Waals surface area (Å²) in [7, 11) is -3.60. The molecule has 24 heavy (non-hydrogen) atoms. The predicted molar refractivity (Wildman–Crippen MR) is 83.8 cm³/mol. The first kappa shape index (κ1) is 17.4. The average molecular weight is 351 g/mol. The largest absolute Gasteiger partial charge is 0.475 e. The third-order valence-corrected chi connectivity index (χ3v) is 3.99. The van der Waals surface area contributed by atoms with Crippen LogP contribution in [-0.2, 0) is 14.6 Å². The molecule has 0 aliphatic rings. The fraction of sp³-hybridized carbons (Fsp3) is 0.133. The fourth-order valence-corrected chi connectivity index (χ4v) is 2.42. The lowest BCUT2D eigenvalue weighted by Crippen LogP contribution is -2.18. The number of hydrogen-bond acceptors (Lipinski definition) is 7. The van der Waals surface area contributed by atoms with Crippen molar-refractivity contribution in [1.82, 2.24) is 0 Å². The monoisotopic (exact) mass is 351 g/mol. The number of benzene rings is 2. The molecular weight excluding hydrogens is 338 g/mol. The van der Waals surface area contributed by atoms with Crippen LogP contribution in [0.5, 0.6) is 11.5 Å². The van der Waals surface area contributed by atoms with Crippen LogP contribution in [0.2, 0.25) is 0 Å². The molecule has 0 spiro atoms. The molecule has 0 atom stereocenters. The van der Waals surface area contributed by atoms with Crippen LogP contribution in [0.15, 0.2) is 53.4 Å². The molecule has 0 saturated heterocycles. The summed E-state index contributed by atoms with van der Waals surface area (Å²) in [5.41, 5.74) is -0.551. The van der Waals surface area contributed by atoms with Gasteiger partial charge in [-0.05, 0) is 24.3 Å². The van der Waals surface area contributed by atoms with E-state index >= 15 is 0 Å². The van der Waals surface area contributed by atoms with Crippen LogP contribution >= 0.6 is 0 Å². The van der Waals surface area contributed by atoms with Crippen molar-refractivity contribution < 1.29 is 27.6 Å². The van der Waals surface area contributed by atoms with Crippen LogP contribution in [0.25, 0.3) is 0 Å². The van der Waals surface area contributed by atoms with E-state index in [0.29, 0.717) is 5.75 Å². The van der Waals surface area contributed by atoms with Gasteiger partial charge in [0.25, 0.3) is 0 Å². The van der Waals surface area contributed by atoms with Gasteiger partial charge in [0.1, 0.15) is 5.75 Å². The molecule has 2 aromatic rings. The van der Waals surface area contributed by atoms with Crippen molar-refractivity contribution in [2.75, 3.05) is 12.9 Å². The highest BCUT2D eigenvalue weighted by molar-refractivity contribution is 7.90. The summed E-state index contributed by atoms with van der Waals surface area (Å²) in [5.74, 6) is -0.659. The highest BCUT2D eigenvalue weighted by Gasteiger charge is 2.20. The Balaban J connectivity index is 2.12. The zero-order valence-electron chi connectivity index (χ0n) is 12.5. The lowest BCUT2D eigenvalue weighted by Gasteiger charge is -2.08. The number of esters is 1. The summed E-state index contributed by atoms with van der Waals surface area (Å²) < 4.78 is 33.0. The molecule has 0 radical (unpaired) electrons. The van der Waals surface area contributed by atoms with Crippen LogP contribution in [0.1, 0.15) is 0 Å². The molecule has 0 heterocycles. The Bertz CT molecular complexity index is 863. The van der Waals surface area contributed by atoms with E-state index in [1.54, 1.807) is 30.3 Å². The van der Waals surface area contributed by atoms with Crippen molar-refractivity contribution in [1.29, 1.82) is 0 Å². The van der Waals surface area contributed by atoms with Crippen molar-refractivity contribution in [3.63, 3.8) is 0 Å². The number of carbonyl (C=O) groups is 1. The Kier molecular flexibility index (Phi) is 5.14. The van der Waals surface area contributed by atoms with E-state index in [1.165, 1.54) is 6.07 Å². The van der Waals surface area contributed by atoms with Crippen molar-refractivity contribution >= 4 is 21.5 Å². The highest BCUT2D eigenvalue weighted by atomic mass is 32.2. The van der Waals surface area contributed by atoms with Crippen LogP contribution in [0.3, 0.4) is 0 Å². The number of carbonyl (C=O) groups excluding carboxylic acids is 1.